The average Bonchev–Trinajstić information content (AvgIpc) is 3.58. The van der Waals surface area contributed by atoms with Crippen molar-refractivity contribution in [3.63, 3.8) is 0 Å². The molecule has 1 saturated carbocycles. The summed E-state index contributed by atoms with van der Waals surface area (Å²) in [6, 6.07) is 14.5. The zero-order chi connectivity index (χ0) is 29.8. The second-order valence-electron chi connectivity index (χ2n) is 9.83. The Labute approximate surface area is 252 Å². The number of carbonyl (C=O) groups is 3. The molecule has 0 saturated heterocycles. The second kappa shape index (κ2) is 12.9. The zero-order valence-corrected chi connectivity index (χ0v) is 24.6. The van der Waals surface area contributed by atoms with Crippen LogP contribution in [0, 0.1) is 5.92 Å². The lowest BCUT2D eigenvalue weighted by Gasteiger charge is -2.29. The van der Waals surface area contributed by atoms with Crippen LogP contribution in [0.3, 0.4) is 0 Å². The molecule has 1 aliphatic carbocycles. The normalized spacial score (nSPS) is 18.9. The van der Waals surface area contributed by atoms with Crippen molar-refractivity contribution in [1.82, 2.24) is 20.0 Å². The molecule has 2 aromatic carbocycles. The van der Waals surface area contributed by atoms with E-state index in [-0.39, 0.29) is 30.5 Å². The van der Waals surface area contributed by atoms with E-state index in [9.17, 15) is 14.4 Å². The van der Waals surface area contributed by atoms with Crippen LogP contribution >= 0.6 is 23.2 Å². The molecule has 1 aliphatic heterocycles. The highest BCUT2D eigenvalue weighted by Gasteiger charge is 2.44. The lowest BCUT2D eigenvalue weighted by molar-refractivity contribution is -0.134. The fourth-order valence-electron chi connectivity index (χ4n) is 5.32. The van der Waals surface area contributed by atoms with Gasteiger partial charge in [-0.1, -0.05) is 52.7 Å². The van der Waals surface area contributed by atoms with E-state index in [1.54, 1.807) is 26.0 Å². The number of benzene rings is 2. The minimum atomic E-state index is -0.831. The molecule has 42 heavy (non-hydrogen) atoms. The molecule has 5 rings (SSSR count). The molecule has 0 spiro atoms. The van der Waals surface area contributed by atoms with Gasteiger partial charge in [0.1, 0.15) is 6.54 Å². The first-order valence-corrected chi connectivity index (χ1v) is 14.5. The van der Waals surface area contributed by atoms with Crippen LogP contribution in [-0.2, 0) is 20.8 Å². The summed E-state index contributed by atoms with van der Waals surface area (Å²) >= 11 is 12.3. The molecule has 2 atom stereocenters. The highest BCUT2D eigenvalue weighted by Crippen LogP contribution is 2.44. The van der Waals surface area contributed by atoms with Crippen molar-refractivity contribution in [1.29, 1.82) is 0 Å². The fraction of sp³-hybridized carbons (Fsp3) is 0.333. The first-order chi connectivity index (χ1) is 20.3. The SMILES string of the molecule is CCOC(=O)c1nnn(CC(=O)N2N=C3/C(=C\c4ccc(Cl)cc4)CCC[C@@H]3[C@H]2c2ccc(Cl)cc2)c1C(=O)OCC. The Morgan fingerprint density at radius 2 is 1.60 bits per heavy atom. The van der Waals surface area contributed by atoms with Crippen LogP contribution in [0.25, 0.3) is 6.08 Å². The molecule has 0 radical (unpaired) electrons. The topological polar surface area (TPSA) is 116 Å². The van der Waals surface area contributed by atoms with Crippen LogP contribution in [0.5, 0.6) is 0 Å². The number of aromatic nitrogens is 3. The van der Waals surface area contributed by atoms with Crippen LogP contribution < -0.4 is 0 Å². The van der Waals surface area contributed by atoms with Gasteiger partial charge in [0.2, 0.25) is 5.69 Å². The number of hydrogen-bond donors (Lipinski definition) is 0. The quantitative estimate of drug-likeness (QED) is 0.298. The van der Waals surface area contributed by atoms with Crippen molar-refractivity contribution in [2.24, 2.45) is 11.0 Å². The Balaban J connectivity index is 1.52. The van der Waals surface area contributed by atoms with Gasteiger partial charge in [0.25, 0.3) is 5.91 Å². The van der Waals surface area contributed by atoms with Gasteiger partial charge in [0.05, 0.1) is 25.0 Å². The van der Waals surface area contributed by atoms with Crippen molar-refractivity contribution in [2.75, 3.05) is 13.2 Å². The van der Waals surface area contributed by atoms with Crippen molar-refractivity contribution in [3.8, 4) is 0 Å². The Kier molecular flexibility index (Phi) is 9.03. The summed E-state index contributed by atoms with van der Waals surface area (Å²) in [7, 11) is 0. The molecule has 218 valence electrons. The minimum absolute atomic E-state index is 0.0576. The molecule has 1 amide bonds. The van der Waals surface area contributed by atoms with E-state index in [1.807, 2.05) is 36.4 Å². The molecule has 1 fully saturated rings. The van der Waals surface area contributed by atoms with Crippen LogP contribution in [-0.4, -0.2) is 56.8 Å². The highest BCUT2D eigenvalue weighted by molar-refractivity contribution is 6.30. The number of fused-ring (bicyclic) bond motifs is 1. The molecule has 10 nitrogen and oxygen atoms in total. The molecular formula is C30H29Cl2N5O5. The van der Waals surface area contributed by atoms with E-state index >= 15 is 0 Å². The summed E-state index contributed by atoms with van der Waals surface area (Å²) in [4.78, 5) is 39.2. The Hall–Kier alpha value is -4.02. The standard InChI is InChI=1S/C30H29Cl2N5O5/c1-3-41-29(39)26-28(30(40)42-4-2)36(35-33-26)17-24(38)37-27(19-10-14-22(32)15-11-19)23-7-5-6-20(25(23)34-37)16-18-8-12-21(31)13-9-18/h8-16,23,27H,3-7,17H2,1-2H3/b20-16-/t23-,27+/m0/s1. The number of hydrazone groups is 1. The monoisotopic (exact) mass is 609 g/mol. The van der Waals surface area contributed by atoms with E-state index in [0.29, 0.717) is 10.0 Å². The number of ether oxygens (including phenoxy) is 2. The predicted octanol–water partition coefficient (Wildman–Crippen LogP) is 5.76. The average molecular weight is 610 g/mol. The van der Waals surface area contributed by atoms with E-state index in [1.165, 1.54) is 5.01 Å². The number of halogens is 2. The Morgan fingerprint density at radius 1 is 0.952 bits per heavy atom. The smallest absolute Gasteiger partial charge is 0.361 e. The van der Waals surface area contributed by atoms with E-state index < -0.39 is 30.4 Å². The molecule has 2 aliphatic rings. The summed E-state index contributed by atoms with van der Waals surface area (Å²) in [6.45, 7) is 3.01. The predicted molar refractivity (Wildman–Crippen MR) is 157 cm³/mol. The van der Waals surface area contributed by atoms with E-state index in [2.05, 4.69) is 16.4 Å². The van der Waals surface area contributed by atoms with Crippen LogP contribution in [0.2, 0.25) is 10.0 Å². The summed E-state index contributed by atoms with van der Waals surface area (Å²) < 4.78 is 11.2. The highest BCUT2D eigenvalue weighted by atomic mass is 35.5. The van der Waals surface area contributed by atoms with Gasteiger partial charge in [-0.05, 0) is 80.2 Å². The number of carbonyl (C=O) groups excluding carboxylic acids is 3. The summed E-state index contributed by atoms with van der Waals surface area (Å²) in [5.74, 6) is -2.16. The van der Waals surface area contributed by atoms with Crippen LogP contribution in [0.15, 0.2) is 59.2 Å². The Bertz CT molecular complexity index is 1550. The number of hydrogen-bond acceptors (Lipinski definition) is 8. The van der Waals surface area contributed by atoms with Gasteiger partial charge >= 0.3 is 11.9 Å². The summed E-state index contributed by atoms with van der Waals surface area (Å²) in [5, 5.41) is 15.3. The van der Waals surface area contributed by atoms with Gasteiger partial charge in [-0.25, -0.2) is 19.3 Å². The van der Waals surface area contributed by atoms with Crippen molar-refractivity contribution >= 4 is 52.8 Å². The van der Waals surface area contributed by atoms with Gasteiger partial charge in [-0.15, -0.1) is 5.10 Å². The van der Waals surface area contributed by atoms with Gasteiger partial charge in [0, 0.05) is 16.0 Å². The maximum atomic E-state index is 14.0. The maximum Gasteiger partial charge on any atom is 0.361 e. The molecular weight excluding hydrogens is 581 g/mol. The lowest BCUT2D eigenvalue weighted by Crippen LogP contribution is -2.34. The van der Waals surface area contributed by atoms with E-state index in [0.717, 1.165) is 46.4 Å². The zero-order valence-electron chi connectivity index (χ0n) is 23.1. The molecule has 0 unspecified atom stereocenters. The Morgan fingerprint density at radius 3 is 2.26 bits per heavy atom. The van der Waals surface area contributed by atoms with Crippen molar-refractivity contribution < 1.29 is 23.9 Å². The molecule has 0 bridgehead atoms. The number of esters is 2. The summed E-state index contributed by atoms with van der Waals surface area (Å²) in [6.07, 6.45) is 4.65. The largest absolute Gasteiger partial charge is 0.461 e. The minimum Gasteiger partial charge on any atom is -0.461 e. The second-order valence-corrected chi connectivity index (χ2v) is 10.7. The molecule has 2 heterocycles. The number of allylic oxidation sites excluding steroid dienone is 1. The molecule has 3 aromatic rings. The fourth-order valence-corrected chi connectivity index (χ4v) is 5.58. The van der Waals surface area contributed by atoms with Crippen molar-refractivity contribution in [2.45, 2.75) is 45.7 Å². The first-order valence-electron chi connectivity index (χ1n) is 13.7. The number of nitrogens with zero attached hydrogens (tertiary/aromatic N) is 5. The summed E-state index contributed by atoms with van der Waals surface area (Å²) in [5.41, 5.74) is 3.17. The number of rotatable bonds is 8. The third-order valence-electron chi connectivity index (χ3n) is 7.14. The van der Waals surface area contributed by atoms with Gasteiger partial charge in [-0.2, -0.15) is 5.10 Å². The number of amides is 1. The van der Waals surface area contributed by atoms with Gasteiger partial charge in [0.15, 0.2) is 5.69 Å². The van der Waals surface area contributed by atoms with Crippen LogP contribution in [0.4, 0.5) is 0 Å². The maximum absolute atomic E-state index is 14.0. The molecule has 1 aromatic heterocycles. The molecule has 0 N–H and O–H groups in total. The van der Waals surface area contributed by atoms with Gasteiger partial charge < -0.3 is 9.47 Å². The van der Waals surface area contributed by atoms with Crippen LogP contribution in [0.1, 0.15) is 71.3 Å². The van der Waals surface area contributed by atoms with E-state index in [4.69, 9.17) is 37.8 Å². The lowest BCUT2D eigenvalue weighted by atomic mass is 9.77. The first kappa shape index (κ1) is 29.5. The van der Waals surface area contributed by atoms with Gasteiger partial charge in [-0.3, -0.25) is 4.79 Å². The third kappa shape index (κ3) is 6.10. The molecule has 12 heteroatoms. The third-order valence-corrected chi connectivity index (χ3v) is 7.64. The van der Waals surface area contributed by atoms with Crippen molar-refractivity contribution in [3.05, 3.63) is 86.7 Å².